The smallest absolute Gasteiger partial charge is 0.312 e. The quantitative estimate of drug-likeness (QED) is 0.511. The summed E-state index contributed by atoms with van der Waals surface area (Å²) < 4.78 is 0. The highest BCUT2D eigenvalue weighted by molar-refractivity contribution is 5.71. The Morgan fingerprint density at radius 3 is 2.60 bits per heavy atom. The number of nitrogens with two attached hydrogens (primary N) is 1. The summed E-state index contributed by atoms with van der Waals surface area (Å²) in [5, 5.41) is 5.90. The van der Waals surface area contributed by atoms with E-state index in [-0.39, 0.29) is 0 Å². The van der Waals surface area contributed by atoms with Crippen LogP contribution in [0.2, 0.25) is 0 Å². The fourth-order valence-corrected chi connectivity index (χ4v) is 1.48. The first-order valence-corrected chi connectivity index (χ1v) is 5.93. The summed E-state index contributed by atoms with van der Waals surface area (Å²) >= 11 is 0. The number of rotatable bonds is 9. The average molecular weight is 215 g/mol. The van der Waals surface area contributed by atoms with Gasteiger partial charge in [0.25, 0.3) is 0 Å². The fourth-order valence-electron chi connectivity index (χ4n) is 1.48. The van der Waals surface area contributed by atoms with Crippen molar-refractivity contribution in [3.05, 3.63) is 0 Å². The molecule has 0 radical (unpaired) electrons. The number of nitrogens with one attached hydrogen (secondary N) is 2. The van der Waals surface area contributed by atoms with Crippen molar-refractivity contribution in [2.24, 2.45) is 5.73 Å². The van der Waals surface area contributed by atoms with E-state index in [1.165, 1.54) is 32.1 Å². The third-order valence-electron chi connectivity index (χ3n) is 2.41. The second-order valence-electron chi connectivity index (χ2n) is 4.00. The molecule has 15 heavy (non-hydrogen) atoms. The van der Waals surface area contributed by atoms with Gasteiger partial charge in [0.05, 0.1) is 0 Å². The highest BCUT2D eigenvalue weighted by Crippen LogP contribution is 2.04. The molecule has 0 spiro atoms. The van der Waals surface area contributed by atoms with Gasteiger partial charge >= 0.3 is 6.03 Å². The summed E-state index contributed by atoms with van der Waals surface area (Å²) in [6.07, 6.45) is 6.42. The monoisotopic (exact) mass is 215 g/mol. The van der Waals surface area contributed by atoms with Gasteiger partial charge in [-0.05, 0) is 13.3 Å². The Morgan fingerprint density at radius 1 is 1.27 bits per heavy atom. The van der Waals surface area contributed by atoms with Crippen LogP contribution in [-0.2, 0) is 0 Å². The van der Waals surface area contributed by atoms with Gasteiger partial charge in [0, 0.05) is 19.1 Å². The minimum Gasteiger partial charge on any atom is -0.352 e. The zero-order chi connectivity index (χ0) is 11.5. The molecule has 4 N–H and O–H groups in total. The highest BCUT2D eigenvalue weighted by Gasteiger charge is 2.00. The first kappa shape index (κ1) is 14.2. The van der Waals surface area contributed by atoms with Crippen LogP contribution in [-0.4, -0.2) is 25.2 Å². The molecule has 0 heterocycles. The Hall–Kier alpha value is -0.770. The molecule has 0 aliphatic heterocycles. The molecule has 0 rings (SSSR count). The Bertz CT molecular complexity index is 162. The minimum atomic E-state index is -0.451. The van der Waals surface area contributed by atoms with Crippen LogP contribution in [0.25, 0.3) is 0 Å². The van der Waals surface area contributed by atoms with Gasteiger partial charge in [0.15, 0.2) is 0 Å². The normalized spacial score (nSPS) is 12.4. The SMILES string of the molecule is CCCCCCC(C)NCCNC(N)=O. The lowest BCUT2D eigenvalue weighted by molar-refractivity contribution is 0.248. The number of urea groups is 1. The fraction of sp³-hybridized carbons (Fsp3) is 0.909. The maximum absolute atomic E-state index is 10.4. The summed E-state index contributed by atoms with van der Waals surface area (Å²) in [5.41, 5.74) is 4.95. The third kappa shape index (κ3) is 11.2. The molecule has 0 aromatic rings. The van der Waals surface area contributed by atoms with Crippen molar-refractivity contribution in [1.82, 2.24) is 10.6 Å². The second-order valence-corrected chi connectivity index (χ2v) is 4.00. The molecule has 0 aliphatic rings. The Kier molecular flexibility index (Phi) is 9.27. The van der Waals surface area contributed by atoms with Crippen molar-refractivity contribution < 1.29 is 4.79 Å². The summed E-state index contributed by atoms with van der Waals surface area (Å²) in [7, 11) is 0. The number of hydrogen-bond donors (Lipinski definition) is 3. The van der Waals surface area contributed by atoms with E-state index in [1.807, 2.05) is 0 Å². The summed E-state index contributed by atoms with van der Waals surface area (Å²) in [5.74, 6) is 0. The molecule has 90 valence electrons. The maximum atomic E-state index is 10.4. The maximum Gasteiger partial charge on any atom is 0.312 e. The van der Waals surface area contributed by atoms with Crippen molar-refractivity contribution in [1.29, 1.82) is 0 Å². The molecule has 0 aromatic heterocycles. The number of hydrogen-bond acceptors (Lipinski definition) is 2. The predicted molar refractivity (Wildman–Crippen MR) is 63.8 cm³/mol. The van der Waals surface area contributed by atoms with Crippen LogP contribution in [0.1, 0.15) is 46.0 Å². The number of amides is 2. The molecule has 0 aliphatic carbocycles. The van der Waals surface area contributed by atoms with Gasteiger partial charge in [0.1, 0.15) is 0 Å². The van der Waals surface area contributed by atoms with E-state index in [0.717, 1.165) is 6.54 Å². The van der Waals surface area contributed by atoms with Gasteiger partial charge in [-0.15, -0.1) is 0 Å². The topological polar surface area (TPSA) is 67.2 Å². The summed E-state index contributed by atoms with van der Waals surface area (Å²) in [6, 6.07) is 0.0731. The number of primary amides is 1. The molecule has 0 saturated heterocycles. The van der Waals surface area contributed by atoms with E-state index in [1.54, 1.807) is 0 Å². The summed E-state index contributed by atoms with van der Waals surface area (Å²) in [6.45, 7) is 5.79. The van der Waals surface area contributed by atoms with E-state index in [2.05, 4.69) is 24.5 Å². The molecule has 1 unspecified atom stereocenters. The average Bonchev–Trinajstić information content (AvgIpc) is 2.19. The van der Waals surface area contributed by atoms with E-state index < -0.39 is 6.03 Å². The van der Waals surface area contributed by atoms with Gasteiger partial charge < -0.3 is 16.4 Å². The van der Waals surface area contributed by atoms with Gasteiger partial charge in [-0.3, -0.25) is 0 Å². The van der Waals surface area contributed by atoms with Crippen LogP contribution >= 0.6 is 0 Å². The van der Waals surface area contributed by atoms with Crippen LogP contribution in [0.3, 0.4) is 0 Å². The van der Waals surface area contributed by atoms with Crippen LogP contribution in [0.15, 0.2) is 0 Å². The molecule has 2 amide bonds. The molecular formula is C11H25N3O. The van der Waals surface area contributed by atoms with Gasteiger partial charge in [-0.25, -0.2) is 4.79 Å². The molecule has 0 bridgehead atoms. The summed E-state index contributed by atoms with van der Waals surface area (Å²) in [4.78, 5) is 10.4. The number of carbonyl (C=O) groups excluding carboxylic acids is 1. The van der Waals surface area contributed by atoms with Crippen molar-refractivity contribution in [3.63, 3.8) is 0 Å². The minimum absolute atomic E-state index is 0.451. The lowest BCUT2D eigenvalue weighted by atomic mass is 10.1. The van der Waals surface area contributed by atoms with Gasteiger partial charge in [0.2, 0.25) is 0 Å². The molecule has 4 nitrogen and oxygen atoms in total. The van der Waals surface area contributed by atoms with Gasteiger partial charge in [-0.2, -0.15) is 0 Å². The lowest BCUT2D eigenvalue weighted by Gasteiger charge is -2.13. The highest BCUT2D eigenvalue weighted by atomic mass is 16.2. The zero-order valence-corrected chi connectivity index (χ0v) is 10.0. The first-order chi connectivity index (χ1) is 7.16. The Balaban J connectivity index is 3.18. The third-order valence-corrected chi connectivity index (χ3v) is 2.41. The van der Waals surface area contributed by atoms with E-state index in [0.29, 0.717) is 12.6 Å². The number of unbranched alkanes of at least 4 members (excludes halogenated alkanes) is 3. The van der Waals surface area contributed by atoms with Crippen molar-refractivity contribution in [2.45, 2.75) is 52.0 Å². The van der Waals surface area contributed by atoms with Crippen LogP contribution in [0, 0.1) is 0 Å². The van der Waals surface area contributed by atoms with Crippen LogP contribution in [0.4, 0.5) is 4.79 Å². The predicted octanol–water partition coefficient (Wildman–Crippen LogP) is 1.60. The second kappa shape index (κ2) is 9.77. The van der Waals surface area contributed by atoms with Crippen molar-refractivity contribution in [3.8, 4) is 0 Å². The van der Waals surface area contributed by atoms with Crippen molar-refractivity contribution >= 4 is 6.03 Å². The number of carbonyl (C=O) groups is 1. The van der Waals surface area contributed by atoms with E-state index in [4.69, 9.17) is 5.73 Å². The van der Waals surface area contributed by atoms with E-state index in [9.17, 15) is 4.79 Å². The molecule has 4 heteroatoms. The van der Waals surface area contributed by atoms with Crippen molar-refractivity contribution in [2.75, 3.05) is 13.1 Å². The lowest BCUT2D eigenvalue weighted by Crippen LogP contribution is -2.38. The molecule has 0 saturated carbocycles. The first-order valence-electron chi connectivity index (χ1n) is 5.93. The Morgan fingerprint density at radius 2 is 2.00 bits per heavy atom. The molecule has 0 aromatic carbocycles. The zero-order valence-electron chi connectivity index (χ0n) is 10.0. The van der Waals surface area contributed by atoms with Gasteiger partial charge in [-0.1, -0.05) is 32.6 Å². The largest absolute Gasteiger partial charge is 0.352 e. The molecule has 1 atom stereocenters. The Labute approximate surface area is 93.0 Å². The van der Waals surface area contributed by atoms with Crippen LogP contribution < -0.4 is 16.4 Å². The molecule has 0 fully saturated rings. The standard InChI is InChI=1S/C11H25N3O/c1-3-4-5-6-7-10(2)13-8-9-14-11(12)15/h10,13H,3-9H2,1-2H3,(H3,12,14,15). The molecular weight excluding hydrogens is 190 g/mol. The van der Waals surface area contributed by atoms with Crippen LogP contribution in [0.5, 0.6) is 0 Å². The van der Waals surface area contributed by atoms with E-state index >= 15 is 0 Å².